The number of benzene rings is 1. The third kappa shape index (κ3) is 4.10. The first kappa shape index (κ1) is 14.1. The largest absolute Gasteiger partial charge is 0.468 e. The molecule has 0 unspecified atom stereocenters. The van der Waals surface area contributed by atoms with Crippen LogP contribution in [0.3, 0.4) is 0 Å². The number of ether oxygens (including phenoxy) is 1. The van der Waals surface area contributed by atoms with Gasteiger partial charge in [-0.2, -0.15) is 0 Å². The second-order valence-electron chi connectivity index (χ2n) is 4.23. The van der Waals surface area contributed by atoms with Crippen molar-refractivity contribution in [3.63, 3.8) is 0 Å². The number of hydrogen-bond donors (Lipinski definition) is 1. The van der Waals surface area contributed by atoms with Gasteiger partial charge in [-0.1, -0.05) is 36.7 Å². The summed E-state index contributed by atoms with van der Waals surface area (Å²) in [6.45, 7) is 4.75. The monoisotopic (exact) mass is 279 g/mol. The van der Waals surface area contributed by atoms with Crippen molar-refractivity contribution in [2.75, 3.05) is 6.54 Å². The summed E-state index contributed by atoms with van der Waals surface area (Å²) in [5.41, 5.74) is 2.08. The molecule has 4 heteroatoms. The fraction of sp³-hybridized carbons (Fsp3) is 0.333. The minimum absolute atomic E-state index is 0.505. The summed E-state index contributed by atoms with van der Waals surface area (Å²) < 4.78 is 11.1. The molecule has 2 rings (SSSR count). The van der Waals surface area contributed by atoms with E-state index in [-0.39, 0.29) is 0 Å². The van der Waals surface area contributed by atoms with Gasteiger partial charge in [0.25, 0.3) is 0 Å². The molecule has 1 aromatic heterocycles. The van der Waals surface area contributed by atoms with Gasteiger partial charge >= 0.3 is 0 Å². The lowest BCUT2D eigenvalue weighted by molar-refractivity contribution is 0.106. The van der Waals surface area contributed by atoms with Gasteiger partial charge in [-0.15, -0.1) is 0 Å². The lowest BCUT2D eigenvalue weighted by atomic mass is 10.2. The molecule has 1 heterocycles. The quantitative estimate of drug-likeness (QED) is 0.838. The van der Waals surface area contributed by atoms with Crippen molar-refractivity contribution >= 4 is 11.6 Å². The lowest BCUT2D eigenvalue weighted by Gasteiger charge is -2.06. The van der Waals surface area contributed by atoms with Crippen molar-refractivity contribution in [2.24, 2.45) is 0 Å². The summed E-state index contributed by atoms with van der Waals surface area (Å²) in [5, 5.41) is 3.98. The number of halogens is 1. The van der Waals surface area contributed by atoms with E-state index in [1.807, 2.05) is 30.3 Å². The summed E-state index contributed by atoms with van der Waals surface area (Å²) in [4.78, 5) is 0. The molecule has 3 nitrogen and oxygen atoms in total. The zero-order valence-electron chi connectivity index (χ0n) is 11.0. The zero-order chi connectivity index (χ0) is 13.5. The van der Waals surface area contributed by atoms with E-state index in [9.17, 15) is 0 Å². The summed E-state index contributed by atoms with van der Waals surface area (Å²) in [6, 6.07) is 9.65. The Balaban J connectivity index is 1.86. The van der Waals surface area contributed by atoms with Crippen molar-refractivity contribution in [2.45, 2.75) is 26.7 Å². The lowest BCUT2D eigenvalue weighted by Crippen LogP contribution is -2.12. The SMILES string of the molecule is CCNCc1occc1COCc1ccccc1Cl. The topological polar surface area (TPSA) is 34.4 Å². The van der Waals surface area contributed by atoms with Crippen LogP contribution in [0.2, 0.25) is 5.02 Å². The fourth-order valence-electron chi connectivity index (χ4n) is 1.78. The highest BCUT2D eigenvalue weighted by Crippen LogP contribution is 2.17. The normalized spacial score (nSPS) is 10.8. The fourth-order valence-corrected chi connectivity index (χ4v) is 1.97. The second kappa shape index (κ2) is 7.34. The predicted molar refractivity (Wildman–Crippen MR) is 76.0 cm³/mol. The Labute approximate surface area is 118 Å². The van der Waals surface area contributed by atoms with Crippen molar-refractivity contribution < 1.29 is 9.15 Å². The molecule has 0 saturated heterocycles. The third-order valence-corrected chi connectivity index (χ3v) is 3.21. The van der Waals surface area contributed by atoms with E-state index in [0.717, 1.165) is 35.0 Å². The van der Waals surface area contributed by atoms with Crippen molar-refractivity contribution in [1.82, 2.24) is 5.32 Å². The number of nitrogens with one attached hydrogen (secondary N) is 1. The van der Waals surface area contributed by atoms with Gasteiger partial charge in [-0.3, -0.25) is 0 Å². The van der Waals surface area contributed by atoms with Crippen LogP contribution < -0.4 is 5.32 Å². The molecule has 19 heavy (non-hydrogen) atoms. The Morgan fingerprint density at radius 2 is 1.95 bits per heavy atom. The van der Waals surface area contributed by atoms with Crippen molar-refractivity contribution in [3.05, 3.63) is 58.5 Å². The van der Waals surface area contributed by atoms with Gasteiger partial charge in [-0.25, -0.2) is 0 Å². The van der Waals surface area contributed by atoms with Gasteiger partial charge in [-0.05, 0) is 24.2 Å². The van der Waals surface area contributed by atoms with Crippen LogP contribution in [0.15, 0.2) is 41.0 Å². The Bertz CT molecular complexity index is 510. The molecular formula is C15H18ClNO2. The summed E-state index contributed by atoms with van der Waals surface area (Å²) in [6.07, 6.45) is 1.70. The molecule has 0 bridgehead atoms. The van der Waals surface area contributed by atoms with Crippen LogP contribution in [-0.2, 0) is 24.5 Å². The Morgan fingerprint density at radius 3 is 2.74 bits per heavy atom. The molecule has 0 fully saturated rings. The molecule has 0 atom stereocenters. The maximum absolute atomic E-state index is 6.08. The third-order valence-electron chi connectivity index (χ3n) is 2.85. The van der Waals surface area contributed by atoms with Crippen LogP contribution in [0.1, 0.15) is 23.8 Å². The number of hydrogen-bond acceptors (Lipinski definition) is 3. The van der Waals surface area contributed by atoms with Crippen molar-refractivity contribution in [1.29, 1.82) is 0 Å². The maximum atomic E-state index is 6.08. The van der Waals surface area contributed by atoms with Crippen LogP contribution in [0.4, 0.5) is 0 Å². The molecule has 0 saturated carbocycles. The van der Waals surface area contributed by atoms with Gasteiger partial charge in [0.2, 0.25) is 0 Å². The van der Waals surface area contributed by atoms with Gasteiger partial charge in [0, 0.05) is 10.6 Å². The van der Waals surface area contributed by atoms with E-state index in [2.05, 4.69) is 12.2 Å². The van der Waals surface area contributed by atoms with E-state index in [1.165, 1.54) is 0 Å². The molecule has 0 aliphatic rings. The molecule has 0 aliphatic heterocycles. The number of furan rings is 1. The number of rotatable bonds is 7. The van der Waals surface area contributed by atoms with Gasteiger partial charge < -0.3 is 14.5 Å². The molecule has 0 aliphatic carbocycles. The molecule has 2 aromatic rings. The highest BCUT2D eigenvalue weighted by molar-refractivity contribution is 6.31. The van der Waals surface area contributed by atoms with Gasteiger partial charge in [0.15, 0.2) is 0 Å². The van der Waals surface area contributed by atoms with E-state index in [0.29, 0.717) is 13.2 Å². The Morgan fingerprint density at radius 1 is 1.16 bits per heavy atom. The molecule has 0 radical (unpaired) electrons. The van der Waals surface area contributed by atoms with E-state index >= 15 is 0 Å². The highest BCUT2D eigenvalue weighted by atomic mass is 35.5. The summed E-state index contributed by atoms with van der Waals surface area (Å²) in [7, 11) is 0. The first-order valence-electron chi connectivity index (χ1n) is 6.38. The molecule has 1 N–H and O–H groups in total. The van der Waals surface area contributed by atoms with E-state index < -0.39 is 0 Å². The van der Waals surface area contributed by atoms with Gasteiger partial charge in [0.1, 0.15) is 5.76 Å². The zero-order valence-corrected chi connectivity index (χ0v) is 11.7. The minimum atomic E-state index is 0.505. The highest BCUT2D eigenvalue weighted by Gasteiger charge is 2.06. The molecule has 0 amide bonds. The molecular weight excluding hydrogens is 262 g/mol. The first-order chi connectivity index (χ1) is 9.31. The average Bonchev–Trinajstić information content (AvgIpc) is 2.86. The van der Waals surface area contributed by atoms with Gasteiger partial charge in [0.05, 0.1) is 26.0 Å². The van der Waals surface area contributed by atoms with Crippen molar-refractivity contribution in [3.8, 4) is 0 Å². The van der Waals surface area contributed by atoms with Crippen LogP contribution in [-0.4, -0.2) is 6.54 Å². The molecule has 0 spiro atoms. The van der Waals surface area contributed by atoms with Crippen LogP contribution in [0, 0.1) is 0 Å². The average molecular weight is 280 g/mol. The molecule has 1 aromatic carbocycles. The minimum Gasteiger partial charge on any atom is -0.468 e. The predicted octanol–water partition coefficient (Wildman–Crippen LogP) is 3.76. The first-order valence-corrected chi connectivity index (χ1v) is 6.76. The maximum Gasteiger partial charge on any atom is 0.123 e. The van der Waals surface area contributed by atoms with Crippen LogP contribution >= 0.6 is 11.6 Å². The molecule has 102 valence electrons. The summed E-state index contributed by atoms with van der Waals surface area (Å²) in [5.74, 6) is 0.931. The van der Waals surface area contributed by atoms with E-state index in [1.54, 1.807) is 6.26 Å². The van der Waals surface area contributed by atoms with E-state index in [4.69, 9.17) is 20.8 Å². The Kier molecular flexibility index (Phi) is 5.45. The smallest absolute Gasteiger partial charge is 0.123 e. The standard InChI is InChI=1S/C15H18ClNO2/c1-2-17-9-15-13(7-8-19-15)11-18-10-12-5-3-4-6-14(12)16/h3-8,17H,2,9-11H2,1H3. The van der Waals surface area contributed by atoms with Crippen LogP contribution in [0.5, 0.6) is 0 Å². The summed E-state index contributed by atoms with van der Waals surface area (Å²) >= 11 is 6.08. The second-order valence-corrected chi connectivity index (χ2v) is 4.64. The van der Waals surface area contributed by atoms with Crippen LogP contribution in [0.25, 0.3) is 0 Å². The Hall–Kier alpha value is -1.29.